The summed E-state index contributed by atoms with van der Waals surface area (Å²) in [7, 11) is 1.97. The molecule has 0 heterocycles. The van der Waals surface area contributed by atoms with Gasteiger partial charge in [0.15, 0.2) is 0 Å². The summed E-state index contributed by atoms with van der Waals surface area (Å²) in [6, 6.07) is 0. The summed E-state index contributed by atoms with van der Waals surface area (Å²) in [6.07, 6.45) is 2.61. The summed E-state index contributed by atoms with van der Waals surface area (Å²) >= 11 is 0. The first-order chi connectivity index (χ1) is 7.31. The Morgan fingerprint density at radius 3 is 0.889 bits per heavy atom. The highest BCUT2D eigenvalue weighted by molar-refractivity contribution is 4.42. The molecule has 0 atom stereocenters. The Morgan fingerprint density at radius 1 is 0.667 bits per heavy atom. The van der Waals surface area contributed by atoms with Crippen LogP contribution < -0.4 is 5.32 Å². The largest absolute Gasteiger partial charge is 0.319 e. The maximum absolute atomic E-state index is 3.07. The maximum atomic E-state index is 3.07. The first-order valence-electron chi connectivity index (χ1n) is 6.96. The Kier molecular flexibility index (Phi) is 43.9. The molecule has 0 aromatic heterocycles. The van der Waals surface area contributed by atoms with Crippen LogP contribution in [0, 0.1) is 17.8 Å². The second-order valence-electron chi connectivity index (χ2n) is 5.56. The topological polar surface area (TPSA) is 12.0 Å². The number of hydrogen-bond acceptors (Lipinski definition) is 1. The molecule has 1 heteroatoms. The molecule has 0 saturated heterocycles. The third kappa shape index (κ3) is 73.7. The molecule has 0 spiro atoms. The van der Waals surface area contributed by atoms with Crippen LogP contribution in [-0.2, 0) is 0 Å². The molecule has 18 heavy (non-hydrogen) atoms. The van der Waals surface area contributed by atoms with Gasteiger partial charge in [-0.05, 0) is 31.3 Å². The standard InChI is InChI=1S/C5H13N.2C5H12.2CH4/c1-5(2)4-6-3;2*1-4-5(2)3;;/h5-6H,4H2,1-3H3;2*5H,4H2,1-3H3;2*1H4. The summed E-state index contributed by atoms with van der Waals surface area (Å²) in [5, 5.41) is 3.07. The molecule has 0 rings (SSSR count). The minimum absolute atomic E-state index is 0. The van der Waals surface area contributed by atoms with Crippen LogP contribution >= 0.6 is 0 Å². The molecule has 1 nitrogen and oxygen atoms in total. The molecule has 0 amide bonds. The van der Waals surface area contributed by atoms with Crippen LogP contribution in [0.2, 0.25) is 0 Å². The van der Waals surface area contributed by atoms with Gasteiger partial charge in [-0.1, -0.05) is 83.1 Å². The summed E-state index contributed by atoms with van der Waals surface area (Å²) in [4.78, 5) is 0. The molecule has 0 aromatic carbocycles. The molecule has 0 unspecified atom stereocenters. The van der Waals surface area contributed by atoms with Crippen LogP contribution in [0.5, 0.6) is 0 Å². The Bertz CT molecular complexity index is 87.8. The second-order valence-corrected chi connectivity index (χ2v) is 5.56. The fourth-order valence-electron chi connectivity index (χ4n) is 0.408. The lowest BCUT2D eigenvalue weighted by Crippen LogP contribution is -2.12. The smallest absolute Gasteiger partial charge is 0.00288 e. The molecule has 0 aliphatic heterocycles. The van der Waals surface area contributed by atoms with E-state index in [-0.39, 0.29) is 14.9 Å². The van der Waals surface area contributed by atoms with Gasteiger partial charge in [0, 0.05) is 0 Å². The molecule has 0 radical (unpaired) electrons. The van der Waals surface area contributed by atoms with Gasteiger partial charge in [-0.25, -0.2) is 0 Å². The van der Waals surface area contributed by atoms with E-state index in [1.807, 2.05) is 7.05 Å². The van der Waals surface area contributed by atoms with Crippen molar-refractivity contribution in [1.29, 1.82) is 0 Å². The maximum Gasteiger partial charge on any atom is -0.00288 e. The van der Waals surface area contributed by atoms with Crippen molar-refractivity contribution < 1.29 is 0 Å². The van der Waals surface area contributed by atoms with Gasteiger partial charge in [-0.2, -0.15) is 0 Å². The van der Waals surface area contributed by atoms with Crippen molar-refractivity contribution in [2.45, 2.75) is 83.1 Å². The van der Waals surface area contributed by atoms with Crippen LogP contribution in [0.4, 0.5) is 0 Å². The second kappa shape index (κ2) is 25.7. The minimum atomic E-state index is 0. The molecule has 0 aliphatic carbocycles. The molecular weight excluding hydrogens is 218 g/mol. The summed E-state index contributed by atoms with van der Waals surface area (Å²) in [6.45, 7) is 18.8. The zero-order valence-electron chi connectivity index (χ0n) is 13.4. The van der Waals surface area contributed by atoms with Crippen molar-refractivity contribution in [3.63, 3.8) is 0 Å². The van der Waals surface area contributed by atoms with Crippen LogP contribution in [0.15, 0.2) is 0 Å². The van der Waals surface area contributed by atoms with Crippen molar-refractivity contribution in [3.8, 4) is 0 Å². The molecule has 0 saturated carbocycles. The van der Waals surface area contributed by atoms with E-state index in [1.54, 1.807) is 0 Å². The Morgan fingerprint density at radius 2 is 0.889 bits per heavy atom. The predicted molar refractivity (Wildman–Crippen MR) is 92.5 cm³/mol. The Hall–Kier alpha value is -0.0400. The molecule has 1 N–H and O–H groups in total. The van der Waals surface area contributed by atoms with Crippen LogP contribution in [0.1, 0.15) is 83.1 Å². The van der Waals surface area contributed by atoms with Crippen molar-refractivity contribution in [2.24, 2.45) is 17.8 Å². The third-order valence-corrected chi connectivity index (χ3v) is 2.25. The molecule has 0 aliphatic rings. The van der Waals surface area contributed by atoms with E-state index in [0.717, 1.165) is 24.3 Å². The highest BCUT2D eigenvalue weighted by atomic mass is 14.8. The van der Waals surface area contributed by atoms with Crippen LogP contribution in [-0.4, -0.2) is 13.6 Å². The number of rotatable bonds is 4. The summed E-state index contributed by atoms with van der Waals surface area (Å²) in [5.41, 5.74) is 0. The van der Waals surface area contributed by atoms with Crippen molar-refractivity contribution >= 4 is 0 Å². The predicted octanol–water partition coefficient (Wildman–Crippen LogP) is 6.24. The van der Waals surface area contributed by atoms with E-state index in [2.05, 4.69) is 60.7 Å². The van der Waals surface area contributed by atoms with Gasteiger partial charge in [0.25, 0.3) is 0 Å². The fraction of sp³-hybridized carbons (Fsp3) is 1.00. The van der Waals surface area contributed by atoms with E-state index in [1.165, 1.54) is 12.8 Å². The lowest BCUT2D eigenvalue weighted by molar-refractivity contribution is 0.595. The monoisotopic (exact) mass is 263 g/mol. The zero-order chi connectivity index (χ0) is 13.6. The third-order valence-electron chi connectivity index (χ3n) is 2.25. The molecule has 0 fully saturated rings. The van der Waals surface area contributed by atoms with Gasteiger partial charge < -0.3 is 5.32 Å². The van der Waals surface area contributed by atoms with E-state index in [0.29, 0.717) is 0 Å². The lowest BCUT2D eigenvalue weighted by Gasteiger charge is -1.98. The molecule has 118 valence electrons. The summed E-state index contributed by atoms with van der Waals surface area (Å²) in [5.74, 6) is 2.56. The van der Waals surface area contributed by atoms with Crippen LogP contribution in [0.25, 0.3) is 0 Å². The average molecular weight is 264 g/mol. The normalized spacial score (nSPS) is 8.67. The summed E-state index contributed by atoms with van der Waals surface area (Å²) < 4.78 is 0. The first kappa shape index (κ1) is 30.8. The molecular formula is C17H45N. The molecule has 0 aromatic rings. The van der Waals surface area contributed by atoms with Gasteiger partial charge in [0.05, 0.1) is 0 Å². The SMILES string of the molecule is C.C.CCC(C)C.CCC(C)C.CNCC(C)C. The number of nitrogens with one attached hydrogen (secondary N) is 1. The molecule has 0 bridgehead atoms. The Labute approximate surface area is 120 Å². The zero-order valence-corrected chi connectivity index (χ0v) is 13.4. The highest BCUT2D eigenvalue weighted by Gasteiger charge is 1.84. The quantitative estimate of drug-likeness (QED) is 0.633. The fourth-order valence-corrected chi connectivity index (χ4v) is 0.408. The van der Waals surface area contributed by atoms with Gasteiger partial charge in [-0.3, -0.25) is 0 Å². The van der Waals surface area contributed by atoms with E-state index < -0.39 is 0 Å². The first-order valence-corrected chi connectivity index (χ1v) is 6.96. The van der Waals surface area contributed by atoms with Gasteiger partial charge >= 0.3 is 0 Å². The minimum Gasteiger partial charge on any atom is -0.319 e. The van der Waals surface area contributed by atoms with E-state index in [4.69, 9.17) is 0 Å². The highest BCUT2D eigenvalue weighted by Crippen LogP contribution is 1.94. The average Bonchev–Trinajstić information content (AvgIpc) is 2.19. The lowest BCUT2D eigenvalue weighted by atomic mass is 10.2. The van der Waals surface area contributed by atoms with Gasteiger partial charge in [0.1, 0.15) is 0 Å². The number of hydrogen-bond donors (Lipinski definition) is 1. The van der Waals surface area contributed by atoms with Gasteiger partial charge in [0.2, 0.25) is 0 Å². The van der Waals surface area contributed by atoms with E-state index >= 15 is 0 Å². The Balaban J connectivity index is -0.0000000447. The van der Waals surface area contributed by atoms with Crippen molar-refractivity contribution in [1.82, 2.24) is 5.32 Å². The van der Waals surface area contributed by atoms with Crippen LogP contribution in [0.3, 0.4) is 0 Å². The van der Waals surface area contributed by atoms with E-state index in [9.17, 15) is 0 Å². The van der Waals surface area contributed by atoms with Crippen molar-refractivity contribution in [3.05, 3.63) is 0 Å². The van der Waals surface area contributed by atoms with Crippen molar-refractivity contribution in [2.75, 3.05) is 13.6 Å². The van der Waals surface area contributed by atoms with Gasteiger partial charge in [-0.15, -0.1) is 0 Å².